The first-order valence-corrected chi connectivity index (χ1v) is 7.48. The highest BCUT2D eigenvalue weighted by Crippen LogP contribution is 2.38. The van der Waals surface area contributed by atoms with Gasteiger partial charge in [0.2, 0.25) is 11.8 Å². The number of nitrogens with one attached hydrogen (secondary N) is 1. The highest BCUT2D eigenvalue weighted by molar-refractivity contribution is 5.96. The summed E-state index contributed by atoms with van der Waals surface area (Å²) < 4.78 is 0. The van der Waals surface area contributed by atoms with Crippen LogP contribution in [0.2, 0.25) is 0 Å². The van der Waals surface area contributed by atoms with Crippen molar-refractivity contribution in [2.45, 2.75) is 77.9 Å². The summed E-state index contributed by atoms with van der Waals surface area (Å²) in [5, 5.41) is 2.82. The summed E-state index contributed by atoms with van der Waals surface area (Å²) in [6.45, 7) is 8.36. The van der Waals surface area contributed by atoms with Crippen molar-refractivity contribution >= 4 is 11.8 Å². The molecular formula is C15H26N2O2. The van der Waals surface area contributed by atoms with Gasteiger partial charge in [-0.3, -0.25) is 9.59 Å². The molecule has 1 aliphatic carbocycles. The number of rotatable bonds is 2. The van der Waals surface area contributed by atoms with Gasteiger partial charge in [-0.25, -0.2) is 0 Å². The Balaban J connectivity index is 2.12. The van der Waals surface area contributed by atoms with Crippen molar-refractivity contribution in [1.82, 2.24) is 10.2 Å². The van der Waals surface area contributed by atoms with Crippen molar-refractivity contribution in [2.75, 3.05) is 0 Å². The first-order chi connectivity index (χ1) is 8.85. The summed E-state index contributed by atoms with van der Waals surface area (Å²) in [6, 6.07) is -0.393. The second-order valence-electron chi connectivity index (χ2n) is 6.79. The smallest absolute Gasteiger partial charge is 0.246 e. The van der Waals surface area contributed by atoms with Crippen LogP contribution in [0.3, 0.4) is 0 Å². The lowest BCUT2D eigenvalue weighted by atomic mass is 9.75. The van der Waals surface area contributed by atoms with Crippen LogP contribution in [0.1, 0.15) is 59.8 Å². The van der Waals surface area contributed by atoms with Gasteiger partial charge in [-0.15, -0.1) is 0 Å². The van der Waals surface area contributed by atoms with Gasteiger partial charge in [0.1, 0.15) is 12.1 Å². The molecule has 1 heterocycles. The third-order valence-corrected chi connectivity index (χ3v) is 4.78. The van der Waals surface area contributed by atoms with E-state index in [2.05, 4.69) is 19.2 Å². The van der Waals surface area contributed by atoms with Crippen LogP contribution in [0.15, 0.2) is 0 Å². The van der Waals surface area contributed by atoms with E-state index >= 15 is 0 Å². The average molecular weight is 266 g/mol. The molecule has 0 bridgehead atoms. The molecule has 2 rings (SSSR count). The van der Waals surface area contributed by atoms with E-state index in [1.54, 1.807) is 0 Å². The van der Waals surface area contributed by atoms with E-state index in [0.717, 1.165) is 25.7 Å². The molecule has 108 valence electrons. The molecule has 2 fully saturated rings. The Morgan fingerprint density at radius 2 is 1.84 bits per heavy atom. The van der Waals surface area contributed by atoms with Crippen LogP contribution in [-0.2, 0) is 9.59 Å². The van der Waals surface area contributed by atoms with E-state index in [4.69, 9.17) is 0 Å². The molecule has 4 nitrogen and oxygen atoms in total. The summed E-state index contributed by atoms with van der Waals surface area (Å²) in [6.07, 6.45) is 4.98. The molecule has 0 aromatic carbocycles. The maximum absolute atomic E-state index is 12.5. The third kappa shape index (κ3) is 2.77. The van der Waals surface area contributed by atoms with Gasteiger partial charge in [0.25, 0.3) is 0 Å². The van der Waals surface area contributed by atoms with Gasteiger partial charge in [0.05, 0.1) is 0 Å². The van der Waals surface area contributed by atoms with Crippen LogP contribution in [0, 0.1) is 5.41 Å². The number of carbonyl (C=O) groups is 2. The monoisotopic (exact) mass is 266 g/mol. The highest BCUT2D eigenvalue weighted by atomic mass is 16.2. The molecule has 1 aliphatic heterocycles. The summed E-state index contributed by atoms with van der Waals surface area (Å²) in [7, 11) is 0. The topological polar surface area (TPSA) is 49.4 Å². The van der Waals surface area contributed by atoms with Gasteiger partial charge >= 0.3 is 0 Å². The number of carbonyl (C=O) groups excluding carboxylic acids is 2. The Morgan fingerprint density at radius 3 is 2.37 bits per heavy atom. The molecule has 2 amide bonds. The van der Waals surface area contributed by atoms with E-state index in [0.29, 0.717) is 11.8 Å². The lowest BCUT2D eigenvalue weighted by Gasteiger charge is -2.45. The number of nitrogens with zero attached hydrogens (tertiary/aromatic N) is 1. The van der Waals surface area contributed by atoms with Gasteiger partial charge in [-0.1, -0.05) is 20.8 Å². The van der Waals surface area contributed by atoms with E-state index in [1.165, 1.54) is 0 Å². The first-order valence-electron chi connectivity index (χ1n) is 7.48. The highest BCUT2D eigenvalue weighted by Gasteiger charge is 2.42. The maximum Gasteiger partial charge on any atom is 0.246 e. The standard InChI is InChI=1S/C15H26N2O2/c1-5-12-14(19)17(10(2)13(18)16-12)11-6-8-15(3,4)9-7-11/h10-12H,5-9H2,1-4H3,(H,16,18). The lowest BCUT2D eigenvalue weighted by Crippen LogP contribution is -2.65. The molecule has 2 aliphatic rings. The minimum Gasteiger partial charge on any atom is -0.343 e. The van der Waals surface area contributed by atoms with Crippen LogP contribution in [0.4, 0.5) is 0 Å². The zero-order valence-corrected chi connectivity index (χ0v) is 12.5. The predicted molar refractivity (Wildman–Crippen MR) is 74.6 cm³/mol. The largest absolute Gasteiger partial charge is 0.343 e. The van der Waals surface area contributed by atoms with Crippen LogP contribution in [-0.4, -0.2) is 34.8 Å². The molecule has 0 aromatic rings. The Hall–Kier alpha value is -1.06. The van der Waals surface area contributed by atoms with Crippen molar-refractivity contribution < 1.29 is 9.59 Å². The fourth-order valence-corrected chi connectivity index (χ4v) is 3.29. The molecule has 0 aromatic heterocycles. The zero-order chi connectivity index (χ0) is 14.2. The minimum absolute atomic E-state index is 0.00344. The number of amides is 2. The van der Waals surface area contributed by atoms with E-state index in [-0.39, 0.29) is 29.9 Å². The van der Waals surface area contributed by atoms with Gasteiger partial charge in [0.15, 0.2) is 0 Å². The number of hydrogen-bond acceptors (Lipinski definition) is 2. The molecule has 0 spiro atoms. The first kappa shape index (κ1) is 14.4. The van der Waals surface area contributed by atoms with Crippen molar-refractivity contribution in [1.29, 1.82) is 0 Å². The second kappa shape index (κ2) is 5.14. The Kier molecular flexibility index (Phi) is 3.88. The SMILES string of the molecule is CCC1NC(=O)C(C)N(C2CCC(C)(C)CC2)C1=O. The molecule has 4 heteroatoms. The Bertz CT molecular complexity index is 368. The normalized spacial score (nSPS) is 32.3. The minimum atomic E-state index is -0.321. The van der Waals surface area contributed by atoms with E-state index in [9.17, 15) is 9.59 Å². The maximum atomic E-state index is 12.5. The van der Waals surface area contributed by atoms with E-state index in [1.807, 2.05) is 18.7 Å². The van der Waals surface area contributed by atoms with Crippen molar-refractivity contribution in [2.24, 2.45) is 5.41 Å². The fourth-order valence-electron chi connectivity index (χ4n) is 3.29. The molecule has 2 unspecified atom stereocenters. The van der Waals surface area contributed by atoms with Crippen LogP contribution < -0.4 is 5.32 Å². The lowest BCUT2D eigenvalue weighted by molar-refractivity contribution is -0.152. The Morgan fingerprint density at radius 1 is 1.26 bits per heavy atom. The van der Waals surface area contributed by atoms with Crippen LogP contribution in [0.5, 0.6) is 0 Å². The summed E-state index contributed by atoms with van der Waals surface area (Å²) in [5.41, 5.74) is 0.380. The van der Waals surface area contributed by atoms with Gasteiger partial charge in [-0.2, -0.15) is 0 Å². The van der Waals surface area contributed by atoms with Crippen molar-refractivity contribution in [3.05, 3.63) is 0 Å². The molecular weight excluding hydrogens is 240 g/mol. The van der Waals surface area contributed by atoms with Crippen LogP contribution >= 0.6 is 0 Å². The van der Waals surface area contributed by atoms with Gasteiger partial charge < -0.3 is 10.2 Å². The second-order valence-corrected chi connectivity index (χ2v) is 6.79. The van der Waals surface area contributed by atoms with Crippen molar-refractivity contribution in [3.8, 4) is 0 Å². The van der Waals surface area contributed by atoms with Gasteiger partial charge in [-0.05, 0) is 44.4 Å². The van der Waals surface area contributed by atoms with Gasteiger partial charge in [0, 0.05) is 6.04 Å². The molecule has 19 heavy (non-hydrogen) atoms. The average Bonchev–Trinajstić information content (AvgIpc) is 2.36. The molecule has 1 saturated carbocycles. The number of piperazine rings is 1. The summed E-state index contributed by atoms with van der Waals surface area (Å²) in [5.74, 6) is 0.107. The summed E-state index contributed by atoms with van der Waals surface area (Å²) in [4.78, 5) is 26.3. The molecule has 0 radical (unpaired) electrons. The van der Waals surface area contributed by atoms with E-state index < -0.39 is 0 Å². The summed E-state index contributed by atoms with van der Waals surface area (Å²) >= 11 is 0. The van der Waals surface area contributed by atoms with Crippen molar-refractivity contribution in [3.63, 3.8) is 0 Å². The third-order valence-electron chi connectivity index (χ3n) is 4.78. The zero-order valence-electron chi connectivity index (χ0n) is 12.5. The van der Waals surface area contributed by atoms with Crippen LogP contribution in [0.25, 0.3) is 0 Å². The molecule has 1 saturated heterocycles. The molecule has 1 N–H and O–H groups in total. The number of hydrogen-bond donors (Lipinski definition) is 1. The predicted octanol–water partition coefficient (Wildman–Crippen LogP) is 2.08. The Labute approximate surface area is 115 Å². The molecule has 2 atom stereocenters. The quantitative estimate of drug-likeness (QED) is 0.832. The fraction of sp³-hybridized carbons (Fsp3) is 0.867.